The Kier molecular flexibility index (Phi) is 3.51. The van der Waals surface area contributed by atoms with E-state index in [-0.39, 0.29) is 0 Å². The number of benzene rings is 3. The van der Waals surface area contributed by atoms with Gasteiger partial charge in [0, 0.05) is 20.9 Å². The van der Waals surface area contributed by atoms with E-state index in [4.69, 9.17) is 10.5 Å². The van der Waals surface area contributed by atoms with Gasteiger partial charge in [-0.05, 0) is 30.3 Å². The van der Waals surface area contributed by atoms with E-state index in [9.17, 15) is 5.26 Å². The highest BCUT2D eigenvalue weighted by Gasteiger charge is 2.09. The monoisotopic (exact) mass is 338 g/mol. The molecule has 21 heavy (non-hydrogen) atoms. The van der Waals surface area contributed by atoms with Crippen molar-refractivity contribution in [1.82, 2.24) is 0 Å². The summed E-state index contributed by atoms with van der Waals surface area (Å²) in [5.41, 5.74) is 7.17. The van der Waals surface area contributed by atoms with E-state index in [1.807, 2.05) is 42.5 Å². The Balaban J connectivity index is 2.13. The van der Waals surface area contributed by atoms with Crippen LogP contribution < -0.4 is 10.5 Å². The van der Waals surface area contributed by atoms with Crippen LogP contribution in [0, 0.1) is 11.3 Å². The smallest absolute Gasteiger partial charge is 0.146 e. The molecule has 0 aromatic heterocycles. The summed E-state index contributed by atoms with van der Waals surface area (Å²) in [4.78, 5) is 0. The van der Waals surface area contributed by atoms with Gasteiger partial charge in [-0.2, -0.15) is 5.26 Å². The number of rotatable bonds is 2. The fraction of sp³-hybridized carbons (Fsp3) is 0. The normalized spacial score (nSPS) is 10.3. The summed E-state index contributed by atoms with van der Waals surface area (Å²) in [6, 6.07) is 18.8. The van der Waals surface area contributed by atoms with Crippen LogP contribution in [0.25, 0.3) is 10.8 Å². The third-order valence-electron chi connectivity index (χ3n) is 3.20. The molecule has 3 nitrogen and oxygen atoms in total. The Morgan fingerprint density at radius 2 is 1.71 bits per heavy atom. The number of nitrogens with two attached hydrogens (primary N) is 1. The highest BCUT2D eigenvalue weighted by atomic mass is 79.9. The first-order valence-corrected chi connectivity index (χ1v) is 7.13. The van der Waals surface area contributed by atoms with Crippen LogP contribution in [0.2, 0.25) is 0 Å². The van der Waals surface area contributed by atoms with Crippen LogP contribution in [0.3, 0.4) is 0 Å². The van der Waals surface area contributed by atoms with Gasteiger partial charge in [-0.3, -0.25) is 0 Å². The lowest BCUT2D eigenvalue weighted by Crippen LogP contribution is -1.92. The minimum atomic E-state index is 0.485. The number of ether oxygens (including phenoxy) is 1. The summed E-state index contributed by atoms with van der Waals surface area (Å²) >= 11 is 3.39. The van der Waals surface area contributed by atoms with Gasteiger partial charge in [-0.25, -0.2) is 0 Å². The number of nitrogens with zero attached hydrogens (tertiary/aromatic N) is 1. The maximum atomic E-state index is 9.18. The van der Waals surface area contributed by atoms with E-state index in [0.717, 1.165) is 15.2 Å². The van der Waals surface area contributed by atoms with Crippen molar-refractivity contribution in [3.05, 3.63) is 64.6 Å². The summed E-state index contributed by atoms with van der Waals surface area (Å²) < 4.78 is 6.80. The maximum Gasteiger partial charge on any atom is 0.146 e. The zero-order valence-electron chi connectivity index (χ0n) is 11.0. The first-order valence-electron chi connectivity index (χ1n) is 6.34. The van der Waals surface area contributed by atoms with Crippen molar-refractivity contribution in [3.63, 3.8) is 0 Å². The molecule has 0 atom stereocenters. The van der Waals surface area contributed by atoms with Gasteiger partial charge >= 0.3 is 0 Å². The molecule has 0 amide bonds. The molecule has 3 aromatic rings. The molecule has 0 spiro atoms. The van der Waals surface area contributed by atoms with Gasteiger partial charge in [-0.1, -0.05) is 40.2 Å². The quantitative estimate of drug-likeness (QED) is 0.679. The highest BCUT2D eigenvalue weighted by molar-refractivity contribution is 9.10. The van der Waals surface area contributed by atoms with Crippen molar-refractivity contribution in [3.8, 4) is 17.6 Å². The summed E-state index contributed by atoms with van der Waals surface area (Å²) in [5, 5.41) is 11.0. The average molecular weight is 339 g/mol. The molecule has 0 bridgehead atoms. The molecule has 2 N–H and O–H groups in total. The van der Waals surface area contributed by atoms with Crippen LogP contribution in [0.4, 0.5) is 5.69 Å². The molecule has 3 aromatic carbocycles. The first kappa shape index (κ1) is 13.5. The second kappa shape index (κ2) is 5.47. The summed E-state index contributed by atoms with van der Waals surface area (Å²) in [6.45, 7) is 0. The van der Waals surface area contributed by atoms with E-state index in [0.29, 0.717) is 22.7 Å². The standard InChI is InChI=1S/C17H11BrN2O/c18-12-6-5-11(10-19)17(9-12)21-16-8-7-15(20)13-3-1-2-4-14(13)16/h1-9H,20H2. The first-order chi connectivity index (χ1) is 10.2. The number of nitriles is 1. The Morgan fingerprint density at radius 3 is 2.48 bits per heavy atom. The van der Waals surface area contributed by atoms with Crippen molar-refractivity contribution in [1.29, 1.82) is 5.26 Å². The zero-order chi connectivity index (χ0) is 14.8. The maximum absolute atomic E-state index is 9.18. The van der Waals surface area contributed by atoms with Crippen LogP contribution >= 0.6 is 15.9 Å². The zero-order valence-corrected chi connectivity index (χ0v) is 12.6. The van der Waals surface area contributed by atoms with Crippen molar-refractivity contribution in [2.24, 2.45) is 0 Å². The third-order valence-corrected chi connectivity index (χ3v) is 3.70. The van der Waals surface area contributed by atoms with Gasteiger partial charge in [0.15, 0.2) is 0 Å². The van der Waals surface area contributed by atoms with Crippen LogP contribution in [-0.2, 0) is 0 Å². The largest absolute Gasteiger partial charge is 0.455 e. The third kappa shape index (κ3) is 2.56. The predicted molar refractivity (Wildman–Crippen MR) is 87.3 cm³/mol. The van der Waals surface area contributed by atoms with Gasteiger partial charge in [0.25, 0.3) is 0 Å². The Hall–Kier alpha value is -2.51. The Labute approximate surface area is 130 Å². The van der Waals surface area contributed by atoms with Gasteiger partial charge in [0.2, 0.25) is 0 Å². The molecule has 102 valence electrons. The van der Waals surface area contributed by atoms with Crippen molar-refractivity contribution in [2.75, 3.05) is 5.73 Å². The van der Waals surface area contributed by atoms with E-state index in [1.165, 1.54) is 0 Å². The van der Waals surface area contributed by atoms with Crippen molar-refractivity contribution in [2.45, 2.75) is 0 Å². The molecule has 4 heteroatoms. The van der Waals surface area contributed by atoms with Gasteiger partial charge in [0.1, 0.15) is 17.6 Å². The lowest BCUT2D eigenvalue weighted by Gasteiger charge is -2.11. The summed E-state index contributed by atoms with van der Waals surface area (Å²) in [6.07, 6.45) is 0. The molecule has 3 rings (SSSR count). The molecule has 0 radical (unpaired) electrons. The second-order valence-corrected chi connectivity index (χ2v) is 5.47. The van der Waals surface area contributed by atoms with Crippen molar-refractivity contribution >= 4 is 32.4 Å². The van der Waals surface area contributed by atoms with E-state index in [1.54, 1.807) is 12.1 Å². The van der Waals surface area contributed by atoms with Crippen LogP contribution in [0.1, 0.15) is 5.56 Å². The topological polar surface area (TPSA) is 59.0 Å². The molecule has 0 aliphatic carbocycles. The Bertz CT molecular complexity index is 868. The minimum absolute atomic E-state index is 0.485. The van der Waals surface area contributed by atoms with Crippen LogP contribution in [0.5, 0.6) is 11.5 Å². The van der Waals surface area contributed by atoms with E-state index >= 15 is 0 Å². The van der Waals surface area contributed by atoms with Gasteiger partial charge in [-0.15, -0.1) is 0 Å². The fourth-order valence-corrected chi connectivity index (χ4v) is 2.52. The lowest BCUT2D eigenvalue weighted by molar-refractivity contribution is 0.486. The molecular weight excluding hydrogens is 328 g/mol. The predicted octanol–water partition coefficient (Wildman–Crippen LogP) is 4.85. The number of fused-ring (bicyclic) bond motifs is 1. The molecule has 0 unspecified atom stereocenters. The molecule has 0 aliphatic rings. The van der Waals surface area contributed by atoms with Crippen molar-refractivity contribution < 1.29 is 4.74 Å². The molecule has 0 fully saturated rings. The number of nitrogen functional groups attached to an aromatic ring is 1. The fourth-order valence-electron chi connectivity index (χ4n) is 2.18. The summed E-state index contributed by atoms with van der Waals surface area (Å²) in [7, 11) is 0. The van der Waals surface area contributed by atoms with Crippen LogP contribution in [0.15, 0.2) is 59.1 Å². The van der Waals surface area contributed by atoms with Gasteiger partial charge < -0.3 is 10.5 Å². The van der Waals surface area contributed by atoms with E-state index in [2.05, 4.69) is 22.0 Å². The number of hydrogen-bond acceptors (Lipinski definition) is 3. The molecule has 0 aliphatic heterocycles. The SMILES string of the molecule is N#Cc1ccc(Br)cc1Oc1ccc(N)c2ccccc12. The highest BCUT2D eigenvalue weighted by Crippen LogP contribution is 2.35. The van der Waals surface area contributed by atoms with E-state index < -0.39 is 0 Å². The summed E-state index contributed by atoms with van der Waals surface area (Å²) in [5.74, 6) is 1.19. The van der Waals surface area contributed by atoms with Crippen LogP contribution in [-0.4, -0.2) is 0 Å². The molecule has 0 saturated heterocycles. The average Bonchev–Trinajstić information content (AvgIpc) is 2.51. The Morgan fingerprint density at radius 1 is 0.952 bits per heavy atom. The minimum Gasteiger partial charge on any atom is -0.455 e. The molecular formula is C17H11BrN2O. The number of anilines is 1. The number of halogens is 1. The molecule has 0 heterocycles. The molecule has 0 saturated carbocycles. The number of hydrogen-bond donors (Lipinski definition) is 1. The second-order valence-electron chi connectivity index (χ2n) is 4.55. The van der Waals surface area contributed by atoms with Gasteiger partial charge in [0.05, 0.1) is 5.56 Å². The lowest BCUT2D eigenvalue weighted by atomic mass is 10.1.